The van der Waals surface area contributed by atoms with Crippen LogP contribution in [0.2, 0.25) is 0 Å². The van der Waals surface area contributed by atoms with Gasteiger partial charge in [0.05, 0.1) is 0 Å². The van der Waals surface area contributed by atoms with Crippen molar-refractivity contribution in [3.8, 4) is 6.07 Å². The highest BCUT2D eigenvalue weighted by atomic mass is 32.2. The SMILES string of the molecule is N#Cc1c(F)cccc1S(=O)(=O)N(CC(=O)O)C1CC1. The molecule has 0 unspecified atom stereocenters. The van der Waals surface area contributed by atoms with Crippen molar-refractivity contribution in [1.82, 2.24) is 4.31 Å². The van der Waals surface area contributed by atoms with Gasteiger partial charge in [0.15, 0.2) is 0 Å². The van der Waals surface area contributed by atoms with Crippen molar-refractivity contribution in [3.05, 3.63) is 29.6 Å². The van der Waals surface area contributed by atoms with Crippen LogP contribution in [0.1, 0.15) is 18.4 Å². The molecule has 6 nitrogen and oxygen atoms in total. The quantitative estimate of drug-likeness (QED) is 0.872. The van der Waals surface area contributed by atoms with Gasteiger partial charge in [-0.05, 0) is 25.0 Å². The predicted molar refractivity (Wildman–Crippen MR) is 65.7 cm³/mol. The number of benzene rings is 1. The molecule has 0 atom stereocenters. The van der Waals surface area contributed by atoms with Crippen LogP contribution in [0.15, 0.2) is 23.1 Å². The standard InChI is InChI=1S/C12H11FN2O4S/c13-10-2-1-3-11(9(10)6-14)20(18,19)15(7-12(16)17)8-4-5-8/h1-3,8H,4-5,7H2,(H,16,17). The Hall–Kier alpha value is -1.98. The van der Waals surface area contributed by atoms with Gasteiger partial charge in [-0.2, -0.15) is 9.57 Å². The Bertz CT molecular complexity index is 692. The molecule has 0 amide bonds. The van der Waals surface area contributed by atoms with Gasteiger partial charge in [0.1, 0.15) is 28.9 Å². The zero-order chi connectivity index (χ0) is 14.9. The van der Waals surface area contributed by atoms with Gasteiger partial charge in [-0.3, -0.25) is 4.79 Å². The van der Waals surface area contributed by atoms with Gasteiger partial charge in [0.25, 0.3) is 0 Å². The molecule has 0 radical (unpaired) electrons. The average Bonchev–Trinajstić information content (AvgIpc) is 3.19. The molecule has 1 aromatic carbocycles. The molecule has 0 aromatic heterocycles. The summed E-state index contributed by atoms with van der Waals surface area (Å²) in [6.45, 7) is -0.700. The number of aliphatic carboxylic acids is 1. The fraction of sp³-hybridized carbons (Fsp3) is 0.333. The fourth-order valence-corrected chi connectivity index (χ4v) is 3.65. The van der Waals surface area contributed by atoms with E-state index in [0.717, 1.165) is 16.4 Å². The molecule has 8 heteroatoms. The number of halogens is 1. The number of nitriles is 1. The maximum atomic E-state index is 13.5. The van der Waals surface area contributed by atoms with Crippen LogP contribution >= 0.6 is 0 Å². The Morgan fingerprint density at radius 2 is 2.15 bits per heavy atom. The smallest absolute Gasteiger partial charge is 0.318 e. The number of carboxylic acid groups (broad SMARTS) is 1. The molecule has 0 saturated heterocycles. The Kier molecular flexibility index (Phi) is 3.74. The van der Waals surface area contributed by atoms with Gasteiger partial charge in [0, 0.05) is 6.04 Å². The van der Waals surface area contributed by atoms with E-state index >= 15 is 0 Å². The highest BCUT2D eigenvalue weighted by Gasteiger charge is 2.40. The number of hydrogen-bond acceptors (Lipinski definition) is 4. The van der Waals surface area contributed by atoms with Crippen molar-refractivity contribution in [1.29, 1.82) is 5.26 Å². The van der Waals surface area contributed by atoms with Crippen LogP contribution < -0.4 is 0 Å². The zero-order valence-electron chi connectivity index (χ0n) is 10.3. The minimum absolute atomic E-state index is 0.397. The number of sulfonamides is 1. The maximum absolute atomic E-state index is 13.5. The Morgan fingerprint density at radius 3 is 2.65 bits per heavy atom. The number of carbonyl (C=O) groups is 1. The Balaban J connectivity index is 2.51. The van der Waals surface area contributed by atoms with Crippen molar-refractivity contribution >= 4 is 16.0 Å². The first-order valence-electron chi connectivity index (χ1n) is 5.80. The van der Waals surface area contributed by atoms with Crippen molar-refractivity contribution in [3.63, 3.8) is 0 Å². The first kappa shape index (κ1) is 14.4. The largest absolute Gasteiger partial charge is 0.480 e. The summed E-state index contributed by atoms with van der Waals surface area (Å²) < 4.78 is 39.2. The minimum Gasteiger partial charge on any atom is -0.480 e. The first-order chi connectivity index (χ1) is 9.37. The second kappa shape index (κ2) is 5.19. The third kappa shape index (κ3) is 2.64. The van der Waals surface area contributed by atoms with E-state index in [1.807, 2.05) is 0 Å². The molecule has 20 heavy (non-hydrogen) atoms. The lowest BCUT2D eigenvalue weighted by Crippen LogP contribution is -2.37. The lowest BCUT2D eigenvalue weighted by atomic mass is 10.2. The van der Waals surface area contributed by atoms with E-state index in [1.54, 1.807) is 0 Å². The fourth-order valence-electron chi connectivity index (χ4n) is 1.86. The molecule has 1 saturated carbocycles. The summed E-state index contributed by atoms with van der Waals surface area (Å²) in [4.78, 5) is 10.3. The predicted octanol–water partition coefficient (Wildman–Crippen LogP) is 0.935. The molecule has 0 heterocycles. The van der Waals surface area contributed by atoms with Crippen LogP contribution in [-0.2, 0) is 14.8 Å². The summed E-state index contributed by atoms with van der Waals surface area (Å²) in [6.07, 6.45) is 1.12. The highest BCUT2D eigenvalue weighted by molar-refractivity contribution is 7.89. The van der Waals surface area contributed by atoms with Gasteiger partial charge in [0.2, 0.25) is 10.0 Å². The topological polar surface area (TPSA) is 98.5 Å². The summed E-state index contributed by atoms with van der Waals surface area (Å²) in [5.41, 5.74) is -0.594. The van der Waals surface area contributed by atoms with E-state index in [-0.39, 0.29) is 0 Å². The van der Waals surface area contributed by atoms with Crippen molar-refractivity contribution < 1.29 is 22.7 Å². The van der Waals surface area contributed by atoms with E-state index in [2.05, 4.69) is 0 Å². The number of carboxylic acids is 1. The third-order valence-corrected chi connectivity index (χ3v) is 4.86. The molecule has 1 aromatic rings. The zero-order valence-corrected chi connectivity index (χ0v) is 11.1. The molecule has 0 aliphatic heterocycles. The van der Waals surface area contributed by atoms with Crippen LogP contribution in [0.4, 0.5) is 4.39 Å². The molecule has 1 aliphatic rings. The van der Waals surface area contributed by atoms with Crippen LogP contribution in [0.3, 0.4) is 0 Å². The van der Waals surface area contributed by atoms with E-state index in [0.29, 0.717) is 12.8 Å². The van der Waals surface area contributed by atoms with Gasteiger partial charge >= 0.3 is 5.97 Å². The summed E-state index contributed by atoms with van der Waals surface area (Å²) in [7, 11) is -4.21. The lowest BCUT2D eigenvalue weighted by molar-refractivity contribution is -0.137. The highest BCUT2D eigenvalue weighted by Crippen LogP contribution is 2.33. The van der Waals surface area contributed by atoms with Gasteiger partial charge in [-0.25, -0.2) is 12.8 Å². The van der Waals surface area contributed by atoms with E-state index in [4.69, 9.17) is 10.4 Å². The van der Waals surface area contributed by atoms with Crippen LogP contribution in [-0.4, -0.2) is 36.4 Å². The average molecular weight is 298 g/mol. The maximum Gasteiger partial charge on any atom is 0.318 e. The first-order valence-corrected chi connectivity index (χ1v) is 7.24. The molecule has 1 aliphatic carbocycles. The molecule has 0 spiro atoms. The molecule has 1 N–H and O–H groups in total. The number of hydrogen-bond donors (Lipinski definition) is 1. The minimum atomic E-state index is -4.21. The molecule has 106 valence electrons. The third-order valence-electron chi connectivity index (χ3n) is 2.92. The number of rotatable bonds is 5. The summed E-state index contributed by atoms with van der Waals surface area (Å²) in [5, 5.41) is 17.7. The second-order valence-corrected chi connectivity index (χ2v) is 6.26. The molecular weight excluding hydrogens is 287 g/mol. The van der Waals surface area contributed by atoms with Crippen LogP contribution in [0.5, 0.6) is 0 Å². The summed E-state index contributed by atoms with van der Waals surface area (Å²) >= 11 is 0. The lowest BCUT2D eigenvalue weighted by Gasteiger charge is -2.20. The van der Waals surface area contributed by atoms with Crippen molar-refractivity contribution in [2.75, 3.05) is 6.54 Å². The number of nitrogens with zero attached hydrogens (tertiary/aromatic N) is 2. The van der Waals surface area contributed by atoms with Gasteiger partial charge < -0.3 is 5.11 Å². The van der Waals surface area contributed by atoms with Gasteiger partial charge in [-0.1, -0.05) is 6.07 Å². The van der Waals surface area contributed by atoms with E-state index < -0.39 is 44.9 Å². The molecule has 0 bridgehead atoms. The molecular formula is C12H11FN2O4S. The Morgan fingerprint density at radius 1 is 1.50 bits per heavy atom. The normalized spacial score (nSPS) is 15.1. The molecule has 1 fully saturated rings. The van der Waals surface area contributed by atoms with E-state index in [1.165, 1.54) is 12.1 Å². The van der Waals surface area contributed by atoms with E-state index in [9.17, 15) is 17.6 Å². The molecule has 2 rings (SSSR count). The Labute approximate surface area is 115 Å². The summed E-state index contributed by atoms with van der Waals surface area (Å²) in [5.74, 6) is -2.24. The van der Waals surface area contributed by atoms with Crippen molar-refractivity contribution in [2.24, 2.45) is 0 Å². The second-order valence-electron chi connectivity index (χ2n) is 4.40. The summed E-state index contributed by atoms with van der Waals surface area (Å²) in [6, 6.07) is 4.38. The van der Waals surface area contributed by atoms with Crippen molar-refractivity contribution in [2.45, 2.75) is 23.8 Å². The monoisotopic (exact) mass is 298 g/mol. The van der Waals surface area contributed by atoms with Gasteiger partial charge in [-0.15, -0.1) is 0 Å². The van der Waals surface area contributed by atoms with Crippen LogP contribution in [0, 0.1) is 17.1 Å². The van der Waals surface area contributed by atoms with Crippen LogP contribution in [0.25, 0.3) is 0 Å².